The number of unbranched alkanes of at least 4 members (excludes halogenated alkanes) is 1. The van der Waals surface area contributed by atoms with Crippen LogP contribution in [-0.4, -0.2) is 0 Å². The summed E-state index contributed by atoms with van der Waals surface area (Å²) in [6.45, 7) is 2.06. The smallest absolute Gasteiger partial charge is 0.141 e. The van der Waals surface area contributed by atoms with Crippen molar-refractivity contribution in [2.75, 3.05) is 0 Å². The first-order valence-electron chi connectivity index (χ1n) is 8.96. The van der Waals surface area contributed by atoms with Gasteiger partial charge in [0.15, 0.2) is 0 Å². The Morgan fingerprint density at radius 3 is 2.38 bits per heavy atom. The van der Waals surface area contributed by atoms with Gasteiger partial charge in [0, 0.05) is 5.92 Å². The minimum absolute atomic E-state index is 0.0101. The summed E-state index contributed by atoms with van der Waals surface area (Å²) < 4.78 is 29.5. The molecule has 0 aliphatic carbocycles. The van der Waals surface area contributed by atoms with Crippen LogP contribution in [0.2, 0.25) is 0 Å². The summed E-state index contributed by atoms with van der Waals surface area (Å²) in [5.74, 6) is -1.02. The van der Waals surface area contributed by atoms with Crippen molar-refractivity contribution in [1.29, 1.82) is 5.26 Å². The van der Waals surface area contributed by atoms with E-state index in [0.717, 1.165) is 23.6 Å². The maximum absolute atomic E-state index is 15.5. The highest BCUT2D eigenvalue weighted by molar-refractivity contribution is 5.83. The van der Waals surface area contributed by atoms with Gasteiger partial charge in [-0.15, -0.1) is 0 Å². The van der Waals surface area contributed by atoms with Crippen LogP contribution in [0.3, 0.4) is 0 Å². The van der Waals surface area contributed by atoms with Crippen molar-refractivity contribution >= 4 is 10.8 Å². The Hall–Kier alpha value is -2.73. The average Bonchev–Trinajstić information content (AvgIpc) is 2.68. The van der Waals surface area contributed by atoms with E-state index in [1.165, 1.54) is 12.1 Å². The number of benzene rings is 3. The van der Waals surface area contributed by atoms with Gasteiger partial charge in [-0.25, -0.2) is 8.78 Å². The molecular weight excluding hydrogens is 328 g/mol. The Morgan fingerprint density at radius 2 is 1.69 bits per heavy atom. The summed E-state index contributed by atoms with van der Waals surface area (Å²) in [7, 11) is 0. The quantitative estimate of drug-likeness (QED) is 0.478. The molecule has 2 atom stereocenters. The van der Waals surface area contributed by atoms with Crippen molar-refractivity contribution in [2.45, 2.75) is 38.3 Å². The lowest BCUT2D eigenvalue weighted by Crippen LogP contribution is -2.08. The summed E-state index contributed by atoms with van der Waals surface area (Å²) >= 11 is 0. The van der Waals surface area contributed by atoms with E-state index in [9.17, 15) is 4.39 Å². The highest BCUT2D eigenvalue weighted by Crippen LogP contribution is 2.39. The van der Waals surface area contributed by atoms with Crippen molar-refractivity contribution in [3.8, 4) is 6.07 Å². The molecule has 3 aromatic rings. The zero-order chi connectivity index (χ0) is 18.5. The number of hydrogen-bond donors (Lipinski definition) is 0. The average molecular weight is 349 g/mol. The number of halogens is 2. The molecule has 0 aliphatic heterocycles. The van der Waals surface area contributed by atoms with Crippen LogP contribution in [-0.2, 0) is 0 Å². The molecule has 0 heterocycles. The molecule has 0 fully saturated rings. The van der Waals surface area contributed by atoms with Crippen LogP contribution in [0.15, 0.2) is 60.7 Å². The van der Waals surface area contributed by atoms with E-state index in [-0.39, 0.29) is 5.56 Å². The third-order valence-electron chi connectivity index (χ3n) is 4.86. The molecular formula is C23H21F2N. The van der Waals surface area contributed by atoms with Crippen LogP contribution in [0.1, 0.15) is 55.0 Å². The Morgan fingerprint density at radius 1 is 0.962 bits per heavy atom. The molecule has 3 heteroatoms. The van der Waals surface area contributed by atoms with Crippen LogP contribution in [0, 0.1) is 17.1 Å². The lowest BCUT2D eigenvalue weighted by atomic mass is 9.85. The zero-order valence-electron chi connectivity index (χ0n) is 14.8. The molecule has 0 N–H and O–H groups in total. The SMILES string of the molecule is CCCCC(c1ccc(C#N)c(F)c1)C(F)c1ccc2ccccc2c1. The zero-order valence-corrected chi connectivity index (χ0v) is 14.8. The molecule has 0 bridgehead atoms. The molecule has 0 saturated carbocycles. The number of hydrogen-bond acceptors (Lipinski definition) is 1. The topological polar surface area (TPSA) is 23.8 Å². The third-order valence-corrected chi connectivity index (χ3v) is 4.86. The van der Waals surface area contributed by atoms with E-state index in [2.05, 4.69) is 6.92 Å². The highest BCUT2D eigenvalue weighted by atomic mass is 19.1. The van der Waals surface area contributed by atoms with Gasteiger partial charge >= 0.3 is 0 Å². The minimum Gasteiger partial charge on any atom is -0.242 e. The van der Waals surface area contributed by atoms with E-state index in [1.807, 2.05) is 48.5 Å². The van der Waals surface area contributed by atoms with E-state index < -0.39 is 17.9 Å². The number of nitriles is 1. The molecule has 0 amide bonds. The van der Waals surface area contributed by atoms with Gasteiger partial charge in [0.1, 0.15) is 18.1 Å². The lowest BCUT2D eigenvalue weighted by Gasteiger charge is -2.22. The lowest BCUT2D eigenvalue weighted by molar-refractivity contribution is 0.274. The summed E-state index contributed by atoms with van der Waals surface area (Å²) in [5.41, 5.74) is 1.20. The van der Waals surface area contributed by atoms with Crippen molar-refractivity contribution in [3.05, 3.63) is 83.2 Å². The summed E-state index contributed by atoms with van der Waals surface area (Å²) in [5, 5.41) is 11.0. The van der Waals surface area contributed by atoms with Gasteiger partial charge in [-0.1, -0.05) is 62.2 Å². The first-order valence-corrected chi connectivity index (χ1v) is 8.96. The molecule has 3 rings (SSSR count). The van der Waals surface area contributed by atoms with E-state index in [0.29, 0.717) is 17.5 Å². The largest absolute Gasteiger partial charge is 0.242 e. The second kappa shape index (κ2) is 8.10. The predicted octanol–water partition coefficient (Wildman–Crippen LogP) is 6.84. The highest BCUT2D eigenvalue weighted by Gasteiger charge is 2.25. The van der Waals surface area contributed by atoms with Gasteiger partial charge in [-0.3, -0.25) is 0 Å². The third kappa shape index (κ3) is 3.75. The van der Waals surface area contributed by atoms with Gasteiger partial charge in [0.2, 0.25) is 0 Å². The Labute approximate surface area is 152 Å². The summed E-state index contributed by atoms with van der Waals surface area (Å²) in [6.07, 6.45) is 1.22. The Bertz CT molecular complexity index is 942. The molecule has 0 spiro atoms. The molecule has 0 radical (unpaired) electrons. The molecule has 0 saturated heterocycles. The molecule has 0 aliphatic rings. The molecule has 0 aromatic heterocycles. The van der Waals surface area contributed by atoms with Crippen LogP contribution in [0.4, 0.5) is 8.78 Å². The van der Waals surface area contributed by atoms with Gasteiger partial charge in [0.25, 0.3) is 0 Å². The molecule has 26 heavy (non-hydrogen) atoms. The fourth-order valence-corrected chi connectivity index (χ4v) is 3.37. The Kier molecular flexibility index (Phi) is 5.63. The monoisotopic (exact) mass is 349 g/mol. The molecule has 1 nitrogen and oxygen atoms in total. The number of fused-ring (bicyclic) bond motifs is 1. The van der Waals surface area contributed by atoms with Gasteiger partial charge < -0.3 is 0 Å². The number of alkyl halides is 1. The molecule has 2 unspecified atom stereocenters. The van der Waals surface area contributed by atoms with Crippen LogP contribution >= 0.6 is 0 Å². The first kappa shape index (κ1) is 18.1. The summed E-state index contributed by atoms with van der Waals surface area (Å²) in [6, 6.07) is 19.7. The minimum atomic E-state index is -1.22. The summed E-state index contributed by atoms with van der Waals surface area (Å²) in [4.78, 5) is 0. The van der Waals surface area contributed by atoms with Crippen LogP contribution < -0.4 is 0 Å². The fraction of sp³-hybridized carbons (Fsp3) is 0.261. The second-order valence-corrected chi connectivity index (χ2v) is 6.61. The van der Waals surface area contributed by atoms with E-state index >= 15 is 4.39 Å². The van der Waals surface area contributed by atoms with Gasteiger partial charge in [-0.05, 0) is 46.5 Å². The fourth-order valence-electron chi connectivity index (χ4n) is 3.37. The van der Waals surface area contributed by atoms with E-state index in [4.69, 9.17) is 5.26 Å². The first-order chi connectivity index (χ1) is 12.6. The van der Waals surface area contributed by atoms with Crippen molar-refractivity contribution in [3.63, 3.8) is 0 Å². The van der Waals surface area contributed by atoms with Crippen molar-refractivity contribution in [2.24, 2.45) is 0 Å². The van der Waals surface area contributed by atoms with Gasteiger partial charge in [-0.2, -0.15) is 5.26 Å². The van der Waals surface area contributed by atoms with Crippen molar-refractivity contribution in [1.82, 2.24) is 0 Å². The van der Waals surface area contributed by atoms with Crippen LogP contribution in [0.25, 0.3) is 10.8 Å². The molecule has 132 valence electrons. The van der Waals surface area contributed by atoms with Gasteiger partial charge in [0.05, 0.1) is 5.56 Å². The normalized spacial score (nSPS) is 13.3. The maximum atomic E-state index is 15.5. The number of nitrogens with zero attached hydrogens (tertiary/aromatic N) is 1. The van der Waals surface area contributed by atoms with Crippen molar-refractivity contribution < 1.29 is 8.78 Å². The van der Waals surface area contributed by atoms with E-state index in [1.54, 1.807) is 6.07 Å². The maximum Gasteiger partial charge on any atom is 0.141 e. The Balaban J connectivity index is 1.97. The molecule has 3 aromatic carbocycles. The number of rotatable bonds is 6. The predicted molar refractivity (Wildman–Crippen MR) is 101 cm³/mol. The second-order valence-electron chi connectivity index (χ2n) is 6.61. The van der Waals surface area contributed by atoms with Crippen LogP contribution in [0.5, 0.6) is 0 Å². The standard InChI is InChI=1S/C23H21F2N/c1-2-3-8-21(18-10-12-20(15-26)22(24)14-18)23(25)19-11-9-16-6-4-5-7-17(16)13-19/h4-7,9-14,21,23H,2-3,8H2,1H3.